The molecule has 0 aliphatic carbocycles. The third-order valence-electron chi connectivity index (χ3n) is 1.77. The van der Waals surface area contributed by atoms with Crippen LogP contribution in [0.5, 0.6) is 0 Å². The molecular formula is C9H6F2O5. The smallest absolute Gasteiger partial charge is 0.335 e. The van der Waals surface area contributed by atoms with Gasteiger partial charge in [0.1, 0.15) is 11.6 Å². The lowest BCUT2D eigenvalue weighted by molar-refractivity contribution is -0.0201. The molecular weight excluding hydrogens is 226 g/mol. The van der Waals surface area contributed by atoms with Crippen molar-refractivity contribution in [1.29, 1.82) is 0 Å². The van der Waals surface area contributed by atoms with Crippen molar-refractivity contribution >= 4 is 11.8 Å². The molecule has 0 radical (unpaired) electrons. The van der Waals surface area contributed by atoms with Gasteiger partial charge in [-0.25, -0.2) is 13.6 Å². The molecule has 0 unspecified atom stereocenters. The predicted octanol–water partition coefficient (Wildman–Crippen LogP) is 0.156. The van der Waals surface area contributed by atoms with Crippen LogP contribution in [0.4, 0.5) is 8.78 Å². The number of Topliss-reactive ketones (excluding diaryl/α,β-unsaturated/α-hetero) is 1. The maximum atomic E-state index is 13.1. The van der Waals surface area contributed by atoms with Crippen molar-refractivity contribution in [1.82, 2.24) is 0 Å². The molecule has 7 heteroatoms. The van der Waals surface area contributed by atoms with Crippen LogP contribution in [0.15, 0.2) is 12.1 Å². The fourth-order valence-corrected chi connectivity index (χ4v) is 1.06. The van der Waals surface area contributed by atoms with Crippen LogP contribution in [0.25, 0.3) is 0 Å². The first kappa shape index (κ1) is 12.2. The van der Waals surface area contributed by atoms with Crippen molar-refractivity contribution < 1.29 is 33.7 Å². The maximum absolute atomic E-state index is 13.1. The molecule has 0 saturated carbocycles. The molecule has 86 valence electrons. The van der Waals surface area contributed by atoms with E-state index in [1.165, 1.54) is 0 Å². The Balaban J connectivity index is 3.33. The fraction of sp³-hybridized carbons (Fsp3) is 0.111. The van der Waals surface area contributed by atoms with Gasteiger partial charge < -0.3 is 15.3 Å². The number of hydrogen-bond donors (Lipinski definition) is 3. The van der Waals surface area contributed by atoms with Crippen LogP contribution in [0.1, 0.15) is 20.7 Å². The highest BCUT2D eigenvalue weighted by Crippen LogP contribution is 2.17. The molecule has 0 amide bonds. The van der Waals surface area contributed by atoms with Crippen LogP contribution in [-0.2, 0) is 0 Å². The number of aliphatic hydroxyl groups is 2. The Kier molecular flexibility index (Phi) is 3.31. The summed E-state index contributed by atoms with van der Waals surface area (Å²) in [5, 5.41) is 25.4. The molecule has 0 bridgehead atoms. The summed E-state index contributed by atoms with van der Waals surface area (Å²) < 4.78 is 26.3. The Morgan fingerprint density at radius 2 is 1.56 bits per heavy atom. The average molecular weight is 232 g/mol. The number of benzene rings is 1. The monoisotopic (exact) mass is 232 g/mol. The third-order valence-corrected chi connectivity index (χ3v) is 1.77. The largest absolute Gasteiger partial charge is 0.478 e. The Morgan fingerprint density at radius 3 is 1.88 bits per heavy atom. The highest BCUT2D eigenvalue weighted by Gasteiger charge is 2.24. The molecule has 0 aliphatic rings. The zero-order valence-corrected chi connectivity index (χ0v) is 7.65. The summed E-state index contributed by atoms with van der Waals surface area (Å²) in [5.74, 6) is -6.07. The first-order valence-corrected chi connectivity index (χ1v) is 3.97. The second kappa shape index (κ2) is 4.33. The van der Waals surface area contributed by atoms with Crippen molar-refractivity contribution in [3.05, 3.63) is 34.9 Å². The van der Waals surface area contributed by atoms with E-state index in [-0.39, 0.29) is 0 Å². The zero-order chi connectivity index (χ0) is 12.5. The van der Waals surface area contributed by atoms with Gasteiger partial charge in [0.25, 0.3) is 0 Å². The number of carboxylic acids is 1. The third kappa shape index (κ3) is 2.20. The number of carboxylic acid groups (broad SMARTS) is 1. The molecule has 0 aromatic heterocycles. The van der Waals surface area contributed by atoms with Crippen LogP contribution in [0.2, 0.25) is 0 Å². The number of carbonyl (C=O) groups excluding carboxylic acids is 1. The molecule has 0 saturated heterocycles. The summed E-state index contributed by atoms with van der Waals surface area (Å²) in [6.45, 7) is 0. The number of aromatic carboxylic acids is 1. The Labute approximate surface area is 87.6 Å². The van der Waals surface area contributed by atoms with Crippen LogP contribution in [0.3, 0.4) is 0 Å². The van der Waals surface area contributed by atoms with Crippen molar-refractivity contribution in [3.63, 3.8) is 0 Å². The van der Waals surface area contributed by atoms with E-state index in [2.05, 4.69) is 0 Å². The molecule has 1 aromatic rings. The van der Waals surface area contributed by atoms with Gasteiger partial charge in [-0.3, -0.25) is 4.79 Å². The lowest BCUT2D eigenvalue weighted by Crippen LogP contribution is -2.22. The average Bonchev–Trinajstić information content (AvgIpc) is 2.15. The van der Waals surface area contributed by atoms with Gasteiger partial charge >= 0.3 is 5.97 Å². The van der Waals surface area contributed by atoms with E-state index < -0.39 is 40.8 Å². The second-order valence-electron chi connectivity index (χ2n) is 2.86. The van der Waals surface area contributed by atoms with E-state index in [1.54, 1.807) is 0 Å². The second-order valence-corrected chi connectivity index (χ2v) is 2.86. The van der Waals surface area contributed by atoms with Crippen molar-refractivity contribution in [2.24, 2.45) is 0 Å². The molecule has 3 N–H and O–H groups in total. The summed E-state index contributed by atoms with van der Waals surface area (Å²) >= 11 is 0. The molecule has 0 atom stereocenters. The summed E-state index contributed by atoms with van der Waals surface area (Å²) in [5.41, 5.74) is -1.86. The molecule has 0 fully saturated rings. The molecule has 0 spiro atoms. The first-order valence-electron chi connectivity index (χ1n) is 3.97. The molecule has 0 aliphatic heterocycles. The van der Waals surface area contributed by atoms with Crippen molar-refractivity contribution in [2.75, 3.05) is 0 Å². The van der Waals surface area contributed by atoms with E-state index >= 15 is 0 Å². The maximum Gasteiger partial charge on any atom is 0.335 e. The van der Waals surface area contributed by atoms with E-state index in [9.17, 15) is 18.4 Å². The summed E-state index contributed by atoms with van der Waals surface area (Å²) in [6.07, 6.45) is -2.56. The van der Waals surface area contributed by atoms with Crippen LogP contribution < -0.4 is 0 Å². The number of halogens is 2. The number of rotatable bonds is 3. The molecule has 1 rings (SSSR count). The number of aliphatic hydroxyl groups excluding tert-OH is 1. The van der Waals surface area contributed by atoms with E-state index in [0.29, 0.717) is 12.1 Å². The van der Waals surface area contributed by atoms with Crippen LogP contribution in [0, 0.1) is 11.6 Å². The van der Waals surface area contributed by atoms with Gasteiger partial charge in [-0.15, -0.1) is 0 Å². The highest BCUT2D eigenvalue weighted by molar-refractivity contribution is 5.99. The van der Waals surface area contributed by atoms with E-state index in [1.807, 2.05) is 0 Å². The van der Waals surface area contributed by atoms with Gasteiger partial charge in [0, 0.05) is 0 Å². The minimum Gasteiger partial charge on any atom is -0.478 e. The number of carbonyl (C=O) groups is 2. The lowest BCUT2D eigenvalue weighted by atomic mass is 10.1. The van der Waals surface area contributed by atoms with Gasteiger partial charge in [0.2, 0.25) is 12.1 Å². The van der Waals surface area contributed by atoms with Crippen LogP contribution in [-0.4, -0.2) is 33.4 Å². The molecule has 0 heterocycles. The van der Waals surface area contributed by atoms with Gasteiger partial charge in [-0.2, -0.15) is 0 Å². The quantitative estimate of drug-likeness (QED) is 0.509. The van der Waals surface area contributed by atoms with Gasteiger partial charge in [0.15, 0.2) is 0 Å². The van der Waals surface area contributed by atoms with Gasteiger partial charge in [-0.05, 0) is 12.1 Å². The van der Waals surface area contributed by atoms with Gasteiger partial charge in [-0.1, -0.05) is 0 Å². The number of ketones is 1. The highest BCUT2D eigenvalue weighted by atomic mass is 19.1. The zero-order valence-electron chi connectivity index (χ0n) is 7.65. The SMILES string of the molecule is O=C(O)c1cc(F)c(C(=O)C(O)O)c(F)c1. The van der Waals surface area contributed by atoms with Crippen molar-refractivity contribution in [2.45, 2.75) is 6.29 Å². The Morgan fingerprint density at radius 1 is 1.12 bits per heavy atom. The van der Waals surface area contributed by atoms with Gasteiger partial charge in [0.05, 0.1) is 11.1 Å². The lowest BCUT2D eigenvalue weighted by Gasteiger charge is -2.06. The van der Waals surface area contributed by atoms with Crippen molar-refractivity contribution in [3.8, 4) is 0 Å². The van der Waals surface area contributed by atoms with E-state index in [4.69, 9.17) is 15.3 Å². The summed E-state index contributed by atoms with van der Waals surface area (Å²) in [7, 11) is 0. The number of hydrogen-bond acceptors (Lipinski definition) is 4. The minimum atomic E-state index is -2.56. The van der Waals surface area contributed by atoms with E-state index in [0.717, 1.165) is 0 Å². The Bertz CT molecular complexity index is 432. The summed E-state index contributed by atoms with van der Waals surface area (Å²) in [6, 6.07) is 0.835. The molecule has 5 nitrogen and oxygen atoms in total. The summed E-state index contributed by atoms with van der Waals surface area (Å²) in [4.78, 5) is 21.3. The molecule has 1 aromatic carbocycles. The van der Waals surface area contributed by atoms with Crippen LogP contribution >= 0.6 is 0 Å². The fourth-order valence-electron chi connectivity index (χ4n) is 1.06. The standard InChI is InChI=1S/C9H6F2O5/c10-4-1-3(8(13)14)2-5(11)6(4)7(12)9(15)16/h1-2,9,15-16H,(H,13,14). The predicted molar refractivity (Wildman–Crippen MR) is 45.9 cm³/mol. The topological polar surface area (TPSA) is 94.8 Å². The molecule has 16 heavy (non-hydrogen) atoms. The first-order chi connectivity index (χ1) is 7.34. The Hall–Kier alpha value is -1.86. The normalized spacial score (nSPS) is 10.6. The minimum absolute atomic E-state index is 0.418.